The molecule has 24 heavy (non-hydrogen) atoms. The van der Waals surface area contributed by atoms with E-state index in [0.717, 1.165) is 38.4 Å². The molecule has 1 fully saturated rings. The molecular formula is C16H19F2N3O2S. The summed E-state index contributed by atoms with van der Waals surface area (Å²) in [6.07, 6.45) is 4.87. The Kier molecular flexibility index (Phi) is 4.67. The minimum absolute atomic E-state index is 0.0937. The van der Waals surface area contributed by atoms with Crippen LogP contribution in [0.5, 0.6) is 0 Å². The van der Waals surface area contributed by atoms with E-state index in [4.69, 9.17) is 0 Å². The summed E-state index contributed by atoms with van der Waals surface area (Å²) in [6, 6.07) is 4.19. The average molecular weight is 355 g/mol. The highest BCUT2D eigenvalue weighted by atomic mass is 32.2. The molecule has 2 heterocycles. The normalized spacial score (nSPS) is 16.7. The van der Waals surface area contributed by atoms with Crippen LogP contribution in [0, 0.1) is 0 Å². The molecule has 0 aliphatic heterocycles. The van der Waals surface area contributed by atoms with Crippen LogP contribution < -0.4 is 0 Å². The summed E-state index contributed by atoms with van der Waals surface area (Å²) in [5.41, 5.74) is 0.380. The van der Waals surface area contributed by atoms with E-state index in [2.05, 4.69) is 10.1 Å². The van der Waals surface area contributed by atoms with Gasteiger partial charge in [-0.15, -0.1) is 0 Å². The van der Waals surface area contributed by atoms with Gasteiger partial charge in [-0.25, -0.2) is 26.9 Å². The zero-order valence-corrected chi connectivity index (χ0v) is 14.1. The van der Waals surface area contributed by atoms with Gasteiger partial charge in [0.25, 0.3) is 6.43 Å². The highest BCUT2D eigenvalue weighted by Crippen LogP contribution is 2.35. The molecule has 0 bridgehead atoms. The van der Waals surface area contributed by atoms with Crippen LogP contribution in [0.15, 0.2) is 29.3 Å². The fraction of sp³-hybridized carbons (Fsp3) is 0.500. The van der Waals surface area contributed by atoms with Crippen LogP contribution in [-0.2, 0) is 9.84 Å². The van der Waals surface area contributed by atoms with Crippen molar-refractivity contribution in [1.82, 2.24) is 14.8 Å². The number of hydrogen-bond acceptors (Lipinski definition) is 4. The Morgan fingerprint density at radius 1 is 1.21 bits per heavy atom. The monoisotopic (exact) mass is 355 g/mol. The standard InChI is InChI=1S/C16H19F2N3O2S/c1-24(22,23)12-7-8-19-15(9-12)21-14(10-13(20-21)16(17)18)11-5-3-2-4-6-11/h7-11,16H,2-6H2,1H3. The van der Waals surface area contributed by atoms with Crippen molar-refractivity contribution in [1.29, 1.82) is 0 Å². The Hall–Kier alpha value is -1.83. The molecule has 5 nitrogen and oxygen atoms in total. The van der Waals surface area contributed by atoms with E-state index in [9.17, 15) is 17.2 Å². The highest BCUT2D eigenvalue weighted by molar-refractivity contribution is 7.90. The van der Waals surface area contributed by atoms with Crippen LogP contribution in [0.3, 0.4) is 0 Å². The van der Waals surface area contributed by atoms with Crippen LogP contribution in [0.1, 0.15) is 55.8 Å². The number of alkyl halides is 2. The van der Waals surface area contributed by atoms with Crippen LogP contribution in [0.2, 0.25) is 0 Å². The number of sulfone groups is 1. The smallest absolute Gasteiger partial charge is 0.237 e. The van der Waals surface area contributed by atoms with E-state index in [1.54, 1.807) is 0 Å². The van der Waals surface area contributed by atoms with Gasteiger partial charge >= 0.3 is 0 Å². The maximum Gasteiger partial charge on any atom is 0.282 e. The van der Waals surface area contributed by atoms with Crippen molar-refractivity contribution in [2.45, 2.75) is 49.3 Å². The predicted molar refractivity (Wildman–Crippen MR) is 85.3 cm³/mol. The molecule has 0 unspecified atom stereocenters. The fourth-order valence-corrected chi connectivity index (χ4v) is 3.77. The van der Waals surface area contributed by atoms with Gasteiger partial charge in [0.05, 0.1) is 4.90 Å². The second-order valence-electron chi connectivity index (χ2n) is 6.16. The van der Waals surface area contributed by atoms with Gasteiger partial charge in [0.1, 0.15) is 5.69 Å². The largest absolute Gasteiger partial charge is 0.282 e. The van der Waals surface area contributed by atoms with Gasteiger partial charge in [-0.3, -0.25) is 0 Å². The van der Waals surface area contributed by atoms with E-state index in [1.165, 1.54) is 29.1 Å². The average Bonchev–Trinajstić information content (AvgIpc) is 3.01. The summed E-state index contributed by atoms with van der Waals surface area (Å²) in [6.45, 7) is 0. The molecule has 0 saturated heterocycles. The third-order valence-corrected chi connectivity index (χ3v) is 5.48. The van der Waals surface area contributed by atoms with Crippen molar-refractivity contribution < 1.29 is 17.2 Å². The molecule has 0 amide bonds. The molecule has 0 spiro atoms. The first-order valence-corrected chi connectivity index (χ1v) is 9.80. The summed E-state index contributed by atoms with van der Waals surface area (Å²) in [7, 11) is -3.41. The molecule has 1 saturated carbocycles. The van der Waals surface area contributed by atoms with Gasteiger partial charge < -0.3 is 0 Å². The van der Waals surface area contributed by atoms with Gasteiger partial charge in [-0.2, -0.15) is 5.10 Å². The topological polar surface area (TPSA) is 64.8 Å². The molecule has 130 valence electrons. The maximum absolute atomic E-state index is 13.1. The number of hydrogen-bond donors (Lipinski definition) is 0. The number of nitrogens with zero attached hydrogens (tertiary/aromatic N) is 3. The summed E-state index contributed by atoms with van der Waals surface area (Å²) < 4.78 is 51.1. The second kappa shape index (κ2) is 6.58. The van der Waals surface area contributed by atoms with Crippen molar-refractivity contribution in [2.75, 3.05) is 6.26 Å². The lowest BCUT2D eigenvalue weighted by Crippen LogP contribution is -2.12. The van der Waals surface area contributed by atoms with E-state index < -0.39 is 16.3 Å². The minimum Gasteiger partial charge on any atom is -0.237 e. The summed E-state index contributed by atoms with van der Waals surface area (Å²) in [4.78, 5) is 4.24. The Balaban J connectivity index is 2.09. The number of halogens is 2. The Morgan fingerprint density at radius 3 is 2.54 bits per heavy atom. The molecule has 1 aliphatic carbocycles. The Morgan fingerprint density at radius 2 is 1.92 bits per heavy atom. The first-order chi connectivity index (χ1) is 11.4. The van der Waals surface area contributed by atoms with Crippen molar-refractivity contribution in [3.63, 3.8) is 0 Å². The molecule has 3 rings (SSSR count). The van der Waals surface area contributed by atoms with Crippen LogP contribution in [0.25, 0.3) is 5.82 Å². The van der Waals surface area contributed by atoms with Gasteiger partial charge in [-0.05, 0) is 25.0 Å². The third-order valence-electron chi connectivity index (χ3n) is 4.36. The first-order valence-electron chi connectivity index (χ1n) is 7.91. The van der Waals surface area contributed by atoms with E-state index in [1.807, 2.05) is 0 Å². The van der Waals surface area contributed by atoms with Gasteiger partial charge in [0.2, 0.25) is 0 Å². The van der Waals surface area contributed by atoms with E-state index in [-0.39, 0.29) is 22.3 Å². The number of rotatable bonds is 4. The molecule has 0 N–H and O–H groups in total. The van der Waals surface area contributed by atoms with E-state index in [0.29, 0.717) is 5.69 Å². The fourth-order valence-electron chi connectivity index (χ4n) is 3.14. The molecule has 0 atom stereocenters. The van der Waals surface area contributed by atoms with Crippen molar-refractivity contribution in [3.8, 4) is 5.82 Å². The lowest BCUT2D eigenvalue weighted by Gasteiger charge is -2.22. The van der Waals surface area contributed by atoms with Gasteiger partial charge in [0.15, 0.2) is 15.7 Å². The van der Waals surface area contributed by atoms with Crippen LogP contribution in [0.4, 0.5) is 8.78 Å². The predicted octanol–water partition coefficient (Wildman–Crippen LogP) is 3.66. The molecular weight excluding hydrogens is 336 g/mol. The second-order valence-corrected chi connectivity index (χ2v) is 8.18. The summed E-state index contributed by atoms with van der Waals surface area (Å²) in [5.74, 6) is 0.396. The van der Waals surface area contributed by atoms with E-state index >= 15 is 0 Å². The van der Waals surface area contributed by atoms with Crippen LogP contribution in [-0.4, -0.2) is 29.4 Å². The number of pyridine rings is 1. The van der Waals surface area contributed by atoms with Crippen molar-refractivity contribution in [2.24, 2.45) is 0 Å². The SMILES string of the molecule is CS(=O)(=O)c1ccnc(-n2nc(C(F)F)cc2C2CCCCC2)c1. The minimum atomic E-state index is -3.41. The zero-order valence-electron chi connectivity index (χ0n) is 13.3. The Labute approximate surface area is 139 Å². The lowest BCUT2D eigenvalue weighted by atomic mass is 9.87. The molecule has 2 aromatic heterocycles. The van der Waals surface area contributed by atoms with Gasteiger partial charge in [0, 0.05) is 30.1 Å². The molecule has 0 radical (unpaired) electrons. The Bertz CT molecular complexity index is 828. The molecule has 8 heteroatoms. The first kappa shape index (κ1) is 17.0. The maximum atomic E-state index is 13.1. The third kappa shape index (κ3) is 3.48. The number of aromatic nitrogens is 3. The summed E-state index contributed by atoms with van der Waals surface area (Å²) in [5, 5.41) is 3.99. The van der Waals surface area contributed by atoms with Crippen molar-refractivity contribution in [3.05, 3.63) is 35.8 Å². The van der Waals surface area contributed by atoms with Crippen LogP contribution >= 0.6 is 0 Å². The quantitative estimate of drug-likeness (QED) is 0.840. The van der Waals surface area contributed by atoms with Gasteiger partial charge in [-0.1, -0.05) is 19.3 Å². The zero-order chi connectivity index (χ0) is 17.3. The van der Waals surface area contributed by atoms with Crippen molar-refractivity contribution >= 4 is 9.84 Å². The summed E-state index contributed by atoms with van der Waals surface area (Å²) >= 11 is 0. The molecule has 0 aromatic carbocycles. The highest BCUT2D eigenvalue weighted by Gasteiger charge is 2.25. The molecule has 1 aliphatic rings. The lowest BCUT2D eigenvalue weighted by molar-refractivity contribution is 0.145. The molecule has 2 aromatic rings.